The lowest BCUT2D eigenvalue weighted by Crippen LogP contribution is -2.31. The van der Waals surface area contributed by atoms with E-state index in [4.69, 9.17) is 16.3 Å². The summed E-state index contributed by atoms with van der Waals surface area (Å²) in [6.07, 6.45) is 1.58. The van der Waals surface area contributed by atoms with Crippen LogP contribution in [0.3, 0.4) is 0 Å². The first-order chi connectivity index (χ1) is 12.0. The highest BCUT2D eigenvalue weighted by molar-refractivity contribution is 6.30. The molecule has 0 aliphatic rings. The molecular weight excluding hydrogens is 340 g/mol. The second-order valence-electron chi connectivity index (χ2n) is 5.67. The number of aromatic amines is 1. The number of aromatic nitrogens is 1. The van der Waals surface area contributed by atoms with Crippen LogP contribution in [0.4, 0.5) is 0 Å². The average Bonchev–Trinajstić information content (AvgIpc) is 3.04. The van der Waals surface area contributed by atoms with E-state index in [9.17, 15) is 9.59 Å². The molecule has 25 heavy (non-hydrogen) atoms. The zero-order valence-corrected chi connectivity index (χ0v) is 14.3. The molecule has 0 fully saturated rings. The van der Waals surface area contributed by atoms with Crippen LogP contribution in [0.15, 0.2) is 54.7 Å². The Labute approximate surface area is 149 Å². The summed E-state index contributed by atoms with van der Waals surface area (Å²) in [5, 5.41) is 4.14. The lowest BCUT2D eigenvalue weighted by atomic mass is 10.1. The van der Waals surface area contributed by atoms with Gasteiger partial charge in [0.15, 0.2) is 6.61 Å². The van der Waals surface area contributed by atoms with Crippen molar-refractivity contribution in [2.75, 3.05) is 6.61 Å². The molecule has 1 amide bonds. The Morgan fingerprint density at radius 2 is 2.00 bits per heavy atom. The first-order valence-corrected chi connectivity index (χ1v) is 8.20. The Bertz CT molecular complexity index is 920. The smallest absolute Gasteiger partial charge is 0.340 e. The zero-order valence-electron chi connectivity index (χ0n) is 13.6. The first-order valence-electron chi connectivity index (χ1n) is 7.82. The van der Waals surface area contributed by atoms with Crippen molar-refractivity contribution < 1.29 is 14.3 Å². The van der Waals surface area contributed by atoms with E-state index in [1.54, 1.807) is 18.3 Å². The minimum atomic E-state index is -0.539. The van der Waals surface area contributed by atoms with Crippen LogP contribution in [0.1, 0.15) is 28.9 Å². The molecule has 0 radical (unpaired) electrons. The van der Waals surface area contributed by atoms with Crippen LogP contribution in [0.5, 0.6) is 0 Å². The molecule has 2 aromatic carbocycles. The van der Waals surface area contributed by atoms with Crippen molar-refractivity contribution in [3.63, 3.8) is 0 Å². The Hall–Kier alpha value is -2.79. The summed E-state index contributed by atoms with van der Waals surface area (Å²) in [5.41, 5.74) is 2.13. The molecule has 0 saturated carbocycles. The van der Waals surface area contributed by atoms with Gasteiger partial charge < -0.3 is 15.0 Å². The summed E-state index contributed by atoms with van der Waals surface area (Å²) in [6, 6.07) is 14.4. The van der Waals surface area contributed by atoms with Gasteiger partial charge >= 0.3 is 5.97 Å². The molecule has 0 unspecified atom stereocenters. The van der Waals surface area contributed by atoms with Gasteiger partial charge in [-0.05, 0) is 30.7 Å². The maximum Gasteiger partial charge on any atom is 0.340 e. The van der Waals surface area contributed by atoms with Gasteiger partial charge in [0, 0.05) is 22.1 Å². The monoisotopic (exact) mass is 356 g/mol. The van der Waals surface area contributed by atoms with Gasteiger partial charge in [-0.3, -0.25) is 4.79 Å². The summed E-state index contributed by atoms with van der Waals surface area (Å²) in [7, 11) is 0. The highest BCUT2D eigenvalue weighted by atomic mass is 35.5. The number of esters is 1. The number of benzene rings is 2. The fourth-order valence-electron chi connectivity index (χ4n) is 2.59. The van der Waals surface area contributed by atoms with E-state index in [1.807, 2.05) is 43.3 Å². The quantitative estimate of drug-likeness (QED) is 0.682. The van der Waals surface area contributed by atoms with Gasteiger partial charge in [0.2, 0.25) is 0 Å². The first kappa shape index (κ1) is 17.0. The fraction of sp³-hybridized carbons (Fsp3) is 0.158. The number of hydrogen-bond acceptors (Lipinski definition) is 3. The van der Waals surface area contributed by atoms with Crippen molar-refractivity contribution in [2.24, 2.45) is 0 Å². The van der Waals surface area contributed by atoms with Gasteiger partial charge in [0.25, 0.3) is 5.91 Å². The molecule has 1 heterocycles. The number of para-hydroxylation sites is 1. The number of H-pyrrole nitrogens is 1. The molecule has 0 saturated heterocycles. The lowest BCUT2D eigenvalue weighted by molar-refractivity contribution is -0.124. The molecule has 2 N–H and O–H groups in total. The van der Waals surface area contributed by atoms with Gasteiger partial charge in [0.05, 0.1) is 11.6 Å². The summed E-state index contributed by atoms with van der Waals surface area (Å²) in [6.45, 7) is 1.49. The number of halogens is 1. The SMILES string of the molecule is C[C@@H](NC(=O)COC(=O)c1c[nH]c2ccccc12)c1cccc(Cl)c1. The maximum absolute atomic E-state index is 12.2. The molecule has 1 atom stereocenters. The predicted molar refractivity (Wildman–Crippen MR) is 96.6 cm³/mol. The van der Waals surface area contributed by atoms with Crippen LogP contribution in [-0.2, 0) is 9.53 Å². The molecule has 0 aliphatic heterocycles. The van der Waals surface area contributed by atoms with E-state index in [1.165, 1.54) is 0 Å². The van der Waals surface area contributed by atoms with Gasteiger partial charge in [-0.25, -0.2) is 4.79 Å². The molecule has 128 valence electrons. The summed E-state index contributed by atoms with van der Waals surface area (Å²) in [4.78, 5) is 27.2. The number of ether oxygens (including phenoxy) is 1. The van der Waals surface area contributed by atoms with Crippen molar-refractivity contribution >= 4 is 34.4 Å². The average molecular weight is 357 g/mol. The highest BCUT2D eigenvalue weighted by Crippen LogP contribution is 2.19. The molecule has 1 aromatic heterocycles. The molecule has 3 rings (SSSR count). The number of rotatable bonds is 5. The van der Waals surface area contributed by atoms with Crippen molar-refractivity contribution in [1.82, 2.24) is 10.3 Å². The van der Waals surface area contributed by atoms with Crippen LogP contribution in [0.2, 0.25) is 5.02 Å². The van der Waals surface area contributed by atoms with Crippen molar-refractivity contribution in [3.05, 3.63) is 70.9 Å². The third kappa shape index (κ3) is 4.00. The number of hydrogen-bond donors (Lipinski definition) is 2. The molecule has 0 spiro atoms. The maximum atomic E-state index is 12.2. The van der Waals surface area contributed by atoms with Gasteiger partial charge in [0.1, 0.15) is 0 Å². The Morgan fingerprint density at radius 1 is 1.20 bits per heavy atom. The normalized spacial score (nSPS) is 11.9. The van der Waals surface area contributed by atoms with Crippen LogP contribution < -0.4 is 5.32 Å². The lowest BCUT2D eigenvalue weighted by Gasteiger charge is -2.14. The van der Waals surface area contributed by atoms with E-state index < -0.39 is 5.97 Å². The van der Waals surface area contributed by atoms with Crippen molar-refractivity contribution in [3.8, 4) is 0 Å². The third-order valence-corrected chi connectivity index (χ3v) is 4.10. The minimum Gasteiger partial charge on any atom is -0.452 e. The summed E-state index contributed by atoms with van der Waals surface area (Å²) < 4.78 is 5.12. The molecule has 0 aliphatic carbocycles. The van der Waals surface area contributed by atoms with Crippen LogP contribution >= 0.6 is 11.6 Å². The molecule has 5 nitrogen and oxygen atoms in total. The van der Waals surface area contributed by atoms with Gasteiger partial charge in [-0.15, -0.1) is 0 Å². The fourth-order valence-corrected chi connectivity index (χ4v) is 2.79. The third-order valence-electron chi connectivity index (χ3n) is 3.87. The molecule has 6 heteroatoms. The van der Waals surface area contributed by atoms with Crippen molar-refractivity contribution in [1.29, 1.82) is 0 Å². The van der Waals surface area contributed by atoms with Crippen LogP contribution in [0, 0.1) is 0 Å². The van der Waals surface area contributed by atoms with Gasteiger partial charge in [-0.1, -0.05) is 41.9 Å². The second-order valence-corrected chi connectivity index (χ2v) is 6.10. The van der Waals surface area contributed by atoms with E-state index in [-0.39, 0.29) is 18.6 Å². The van der Waals surface area contributed by atoms with Crippen molar-refractivity contribution in [2.45, 2.75) is 13.0 Å². The van der Waals surface area contributed by atoms with E-state index in [2.05, 4.69) is 10.3 Å². The summed E-state index contributed by atoms with van der Waals surface area (Å²) >= 11 is 5.95. The predicted octanol–water partition coefficient (Wildman–Crippen LogP) is 3.86. The van der Waals surface area contributed by atoms with Gasteiger partial charge in [-0.2, -0.15) is 0 Å². The van der Waals surface area contributed by atoms with E-state index >= 15 is 0 Å². The standard InChI is InChI=1S/C19H17ClN2O3/c1-12(13-5-4-6-14(20)9-13)22-18(23)11-25-19(24)16-10-21-17-8-3-2-7-15(16)17/h2-10,12,21H,11H2,1H3,(H,22,23)/t12-/m1/s1. The Morgan fingerprint density at radius 3 is 2.80 bits per heavy atom. The Balaban J connectivity index is 1.57. The number of amides is 1. The topological polar surface area (TPSA) is 71.2 Å². The highest BCUT2D eigenvalue weighted by Gasteiger charge is 2.16. The molecule has 0 bridgehead atoms. The largest absolute Gasteiger partial charge is 0.452 e. The Kier molecular flexibility index (Phi) is 5.05. The number of fused-ring (bicyclic) bond motifs is 1. The minimum absolute atomic E-state index is 0.238. The van der Waals surface area contributed by atoms with E-state index in [0.717, 1.165) is 16.5 Å². The number of nitrogens with one attached hydrogen (secondary N) is 2. The molecule has 3 aromatic rings. The molecular formula is C19H17ClN2O3. The number of carbonyl (C=O) groups excluding carboxylic acids is 2. The zero-order chi connectivity index (χ0) is 17.8. The number of carbonyl (C=O) groups is 2. The van der Waals surface area contributed by atoms with Crippen LogP contribution in [0.25, 0.3) is 10.9 Å². The van der Waals surface area contributed by atoms with Crippen LogP contribution in [-0.4, -0.2) is 23.5 Å². The van der Waals surface area contributed by atoms with E-state index in [0.29, 0.717) is 10.6 Å². The second kappa shape index (κ2) is 7.40. The summed E-state index contributed by atoms with van der Waals surface area (Å²) in [5.74, 6) is -0.913.